The van der Waals surface area contributed by atoms with E-state index in [4.69, 9.17) is 4.74 Å². The number of hydrogen-bond donors (Lipinski definition) is 1. The molecule has 0 bridgehead atoms. The Morgan fingerprint density at radius 3 is 2.53 bits per heavy atom. The number of carbonyl (C=O) groups is 1. The Morgan fingerprint density at radius 2 is 1.95 bits per heavy atom. The van der Waals surface area contributed by atoms with Crippen LogP contribution in [0.1, 0.15) is 37.3 Å². The minimum Gasteiger partial charge on any atom is -0.484 e. The summed E-state index contributed by atoms with van der Waals surface area (Å²) < 4.78 is 5.55. The van der Waals surface area contributed by atoms with Crippen LogP contribution in [-0.2, 0) is 4.79 Å². The van der Waals surface area contributed by atoms with Crippen LogP contribution in [0.5, 0.6) is 5.75 Å². The van der Waals surface area contributed by atoms with E-state index in [9.17, 15) is 4.79 Å². The maximum Gasteiger partial charge on any atom is 0.258 e. The van der Waals surface area contributed by atoms with Crippen molar-refractivity contribution in [2.45, 2.75) is 46.1 Å². The zero-order valence-electron chi connectivity index (χ0n) is 12.0. The molecule has 0 aliphatic heterocycles. The van der Waals surface area contributed by atoms with Crippen LogP contribution >= 0.6 is 0 Å². The Kier molecular flexibility index (Phi) is 4.46. The Bertz CT molecular complexity index is 436. The van der Waals surface area contributed by atoms with E-state index < -0.39 is 0 Å². The number of nitrogens with one attached hydrogen (secondary N) is 1. The van der Waals surface area contributed by atoms with Gasteiger partial charge in [-0.25, -0.2) is 0 Å². The summed E-state index contributed by atoms with van der Waals surface area (Å²) in [4.78, 5) is 11.8. The number of amides is 1. The summed E-state index contributed by atoms with van der Waals surface area (Å²) in [6.45, 7) is 6.39. The molecule has 1 aromatic rings. The summed E-state index contributed by atoms with van der Waals surface area (Å²) in [7, 11) is 0. The van der Waals surface area contributed by atoms with Crippen molar-refractivity contribution in [1.29, 1.82) is 0 Å². The van der Waals surface area contributed by atoms with Crippen molar-refractivity contribution in [2.75, 3.05) is 6.61 Å². The van der Waals surface area contributed by atoms with Crippen LogP contribution in [0.25, 0.3) is 0 Å². The van der Waals surface area contributed by atoms with E-state index in [1.165, 1.54) is 6.42 Å². The Hall–Kier alpha value is -1.51. The monoisotopic (exact) mass is 261 g/mol. The van der Waals surface area contributed by atoms with Crippen LogP contribution < -0.4 is 10.1 Å². The van der Waals surface area contributed by atoms with Gasteiger partial charge in [0.05, 0.1) is 0 Å². The molecule has 2 unspecified atom stereocenters. The molecule has 3 heteroatoms. The van der Waals surface area contributed by atoms with Crippen molar-refractivity contribution < 1.29 is 9.53 Å². The summed E-state index contributed by atoms with van der Waals surface area (Å²) in [5, 5.41) is 3.04. The molecular weight excluding hydrogens is 238 g/mol. The van der Waals surface area contributed by atoms with Gasteiger partial charge >= 0.3 is 0 Å². The summed E-state index contributed by atoms with van der Waals surface area (Å²) in [6.07, 6.45) is 3.40. The first-order chi connectivity index (χ1) is 9.02. The van der Waals surface area contributed by atoms with Gasteiger partial charge in [-0.05, 0) is 62.3 Å². The maximum absolute atomic E-state index is 11.8. The average Bonchev–Trinajstić information content (AvgIpc) is 2.71. The average molecular weight is 261 g/mol. The first-order valence-electron chi connectivity index (χ1n) is 7.03. The first kappa shape index (κ1) is 13.9. The van der Waals surface area contributed by atoms with Crippen LogP contribution in [-0.4, -0.2) is 18.6 Å². The lowest BCUT2D eigenvalue weighted by molar-refractivity contribution is -0.123. The van der Waals surface area contributed by atoms with Gasteiger partial charge in [0.2, 0.25) is 0 Å². The van der Waals surface area contributed by atoms with Gasteiger partial charge in [-0.15, -0.1) is 0 Å². The van der Waals surface area contributed by atoms with Crippen molar-refractivity contribution >= 4 is 5.91 Å². The van der Waals surface area contributed by atoms with E-state index in [1.54, 1.807) is 0 Å². The third kappa shape index (κ3) is 4.27. The molecule has 1 aliphatic carbocycles. The number of aryl methyl sites for hydroxylation is 2. The Morgan fingerprint density at radius 1 is 1.26 bits per heavy atom. The molecule has 0 radical (unpaired) electrons. The third-order valence-corrected chi connectivity index (χ3v) is 3.63. The standard InChI is InChI=1S/C16H23NO2/c1-11-4-5-14(7-11)17-16(18)10-19-15-8-12(2)6-13(3)9-15/h6,8-9,11,14H,4-5,7,10H2,1-3H3,(H,17,18). The minimum atomic E-state index is -0.0155. The molecule has 0 heterocycles. The van der Waals surface area contributed by atoms with E-state index in [1.807, 2.05) is 26.0 Å². The van der Waals surface area contributed by atoms with Crippen LogP contribution in [0.2, 0.25) is 0 Å². The Labute approximate surface area is 115 Å². The lowest BCUT2D eigenvalue weighted by Gasteiger charge is -2.13. The van der Waals surface area contributed by atoms with Crippen molar-refractivity contribution in [3.8, 4) is 5.75 Å². The van der Waals surface area contributed by atoms with Gasteiger partial charge in [0.1, 0.15) is 5.75 Å². The predicted octanol–water partition coefficient (Wildman–Crippen LogP) is 2.99. The highest BCUT2D eigenvalue weighted by molar-refractivity contribution is 5.77. The molecule has 1 fully saturated rings. The summed E-state index contributed by atoms with van der Waals surface area (Å²) in [6, 6.07) is 6.34. The molecule has 1 amide bonds. The molecule has 0 aromatic heterocycles. The first-order valence-corrected chi connectivity index (χ1v) is 7.03. The summed E-state index contributed by atoms with van der Waals surface area (Å²) in [5.74, 6) is 1.48. The maximum atomic E-state index is 11.8. The van der Waals surface area contributed by atoms with E-state index in [-0.39, 0.29) is 12.5 Å². The molecule has 2 atom stereocenters. The number of benzene rings is 1. The molecule has 0 spiro atoms. The molecule has 1 aliphatic rings. The molecule has 2 rings (SSSR count). The van der Waals surface area contributed by atoms with Gasteiger partial charge in [0, 0.05) is 6.04 Å². The fourth-order valence-electron chi connectivity index (χ4n) is 2.77. The quantitative estimate of drug-likeness (QED) is 0.905. The number of hydrogen-bond acceptors (Lipinski definition) is 2. The highest BCUT2D eigenvalue weighted by atomic mass is 16.5. The normalized spacial score (nSPS) is 22.3. The number of rotatable bonds is 4. The SMILES string of the molecule is Cc1cc(C)cc(OCC(=O)NC2CCC(C)C2)c1. The highest BCUT2D eigenvalue weighted by Crippen LogP contribution is 2.24. The van der Waals surface area contributed by atoms with E-state index in [0.29, 0.717) is 6.04 Å². The molecule has 0 saturated heterocycles. The zero-order chi connectivity index (χ0) is 13.8. The van der Waals surface area contributed by atoms with Crippen molar-refractivity contribution in [2.24, 2.45) is 5.92 Å². The van der Waals surface area contributed by atoms with E-state index in [2.05, 4.69) is 18.3 Å². The van der Waals surface area contributed by atoms with Crippen LogP contribution in [0.3, 0.4) is 0 Å². The van der Waals surface area contributed by atoms with Gasteiger partial charge in [0.25, 0.3) is 5.91 Å². The molecule has 1 N–H and O–H groups in total. The second kappa shape index (κ2) is 6.09. The van der Waals surface area contributed by atoms with Crippen molar-refractivity contribution in [1.82, 2.24) is 5.32 Å². The molecule has 1 saturated carbocycles. The Balaban J connectivity index is 1.80. The van der Waals surface area contributed by atoms with E-state index in [0.717, 1.165) is 35.6 Å². The summed E-state index contributed by atoms with van der Waals surface area (Å²) >= 11 is 0. The molecule has 19 heavy (non-hydrogen) atoms. The van der Waals surface area contributed by atoms with Gasteiger partial charge in [-0.1, -0.05) is 13.0 Å². The second-order valence-electron chi connectivity index (χ2n) is 5.79. The van der Waals surface area contributed by atoms with Crippen LogP contribution in [0.4, 0.5) is 0 Å². The third-order valence-electron chi connectivity index (χ3n) is 3.63. The van der Waals surface area contributed by atoms with Gasteiger partial charge in [-0.3, -0.25) is 4.79 Å². The van der Waals surface area contributed by atoms with Gasteiger partial charge < -0.3 is 10.1 Å². The van der Waals surface area contributed by atoms with Crippen molar-refractivity contribution in [3.63, 3.8) is 0 Å². The number of ether oxygens (including phenoxy) is 1. The molecular formula is C16H23NO2. The van der Waals surface area contributed by atoms with Gasteiger partial charge in [0.15, 0.2) is 6.61 Å². The lowest BCUT2D eigenvalue weighted by atomic mass is 10.1. The number of carbonyl (C=O) groups excluding carboxylic acids is 1. The molecule has 1 aromatic carbocycles. The highest BCUT2D eigenvalue weighted by Gasteiger charge is 2.22. The fourth-order valence-corrected chi connectivity index (χ4v) is 2.77. The van der Waals surface area contributed by atoms with E-state index >= 15 is 0 Å². The molecule has 3 nitrogen and oxygen atoms in total. The smallest absolute Gasteiger partial charge is 0.258 e. The summed E-state index contributed by atoms with van der Waals surface area (Å²) in [5.41, 5.74) is 2.31. The minimum absolute atomic E-state index is 0.0155. The molecule has 104 valence electrons. The fraction of sp³-hybridized carbons (Fsp3) is 0.562. The van der Waals surface area contributed by atoms with Crippen molar-refractivity contribution in [3.05, 3.63) is 29.3 Å². The topological polar surface area (TPSA) is 38.3 Å². The lowest BCUT2D eigenvalue weighted by Crippen LogP contribution is -2.36. The van der Waals surface area contributed by atoms with Gasteiger partial charge in [-0.2, -0.15) is 0 Å². The zero-order valence-corrected chi connectivity index (χ0v) is 12.0. The predicted molar refractivity (Wildman–Crippen MR) is 76.4 cm³/mol. The van der Waals surface area contributed by atoms with Crippen LogP contribution in [0, 0.1) is 19.8 Å². The largest absolute Gasteiger partial charge is 0.484 e. The van der Waals surface area contributed by atoms with Crippen LogP contribution in [0.15, 0.2) is 18.2 Å². The second-order valence-corrected chi connectivity index (χ2v) is 5.79.